The number of amides is 1. The molecule has 2 rings (SSSR count). The quantitative estimate of drug-likeness (QED) is 0.614. The van der Waals surface area contributed by atoms with Crippen molar-refractivity contribution in [2.45, 2.75) is 18.6 Å². The van der Waals surface area contributed by atoms with Crippen molar-refractivity contribution in [2.75, 3.05) is 39.5 Å². The molecule has 1 aromatic rings. The molecule has 0 bridgehead atoms. The van der Waals surface area contributed by atoms with Gasteiger partial charge in [-0.05, 0) is 30.5 Å². The van der Waals surface area contributed by atoms with Crippen LogP contribution in [0.25, 0.3) is 0 Å². The number of carbonyl (C=O) groups is 1. The van der Waals surface area contributed by atoms with Crippen LogP contribution in [0.3, 0.4) is 0 Å². The van der Waals surface area contributed by atoms with Crippen molar-refractivity contribution in [3.05, 3.63) is 33.8 Å². The van der Waals surface area contributed by atoms with Crippen LogP contribution in [0.4, 0.5) is 0 Å². The highest BCUT2D eigenvalue weighted by Gasteiger charge is 2.33. The van der Waals surface area contributed by atoms with Crippen LogP contribution in [0, 0.1) is 5.92 Å². The zero-order chi connectivity index (χ0) is 20.0. The lowest BCUT2D eigenvalue weighted by Crippen LogP contribution is -2.49. The highest BCUT2D eigenvalue weighted by atomic mass is 35.5. The number of nitrogens with one attached hydrogen (secondary N) is 1. The summed E-state index contributed by atoms with van der Waals surface area (Å²) in [4.78, 5) is 12.4. The lowest BCUT2D eigenvalue weighted by atomic mass is 9.99. The second-order valence-electron chi connectivity index (χ2n) is 6.53. The van der Waals surface area contributed by atoms with E-state index in [1.54, 1.807) is 11.8 Å². The minimum atomic E-state index is -3.48. The predicted molar refractivity (Wildman–Crippen MR) is 113 cm³/mol. The van der Waals surface area contributed by atoms with Gasteiger partial charge >= 0.3 is 0 Å². The number of hydrogen-bond acceptors (Lipinski definition) is 4. The van der Waals surface area contributed by atoms with Crippen LogP contribution < -0.4 is 5.32 Å². The molecule has 1 saturated heterocycles. The number of rotatable bonds is 8. The molecule has 0 spiro atoms. The molecule has 10 heteroatoms. The molecule has 1 atom stereocenters. The van der Waals surface area contributed by atoms with Gasteiger partial charge in [0.25, 0.3) is 10.2 Å². The fraction of sp³-hybridized carbons (Fsp3) is 0.588. The molecule has 0 radical (unpaired) electrons. The van der Waals surface area contributed by atoms with Crippen LogP contribution in [-0.2, 0) is 20.8 Å². The topological polar surface area (TPSA) is 69.7 Å². The van der Waals surface area contributed by atoms with Gasteiger partial charge in [-0.1, -0.05) is 29.3 Å². The predicted octanol–water partition coefficient (Wildman–Crippen LogP) is 2.86. The maximum absolute atomic E-state index is 12.4. The summed E-state index contributed by atoms with van der Waals surface area (Å²) in [6, 6.07) is 5.42. The van der Waals surface area contributed by atoms with E-state index in [1.165, 1.54) is 22.7 Å². The molecular formula is C17H25Cl2N3O3S2. The van der Waals surface area contributed by atoms with Crippen molar-refractivity contribution in [2.24, 2.45) is 5.92 Å². The molecule has 6 nitrogen and oxygen atoms in total. The number of halogens is 2. The first-order chi connectivity index (χ1) is 12.7. The van der Waals surface area contributed by atoms with Gasteiger partial charge in [-0.2, -0.15) is 28.8 Å². The standard InChI is InChI=1S/C17H25Cl2N3O3S2/c1-21(2)27(24,25)22-9-4-5-13(11-22)17(23)20-8-10-26-12-14-15(18)6-3-7-16(14)19/h3,6-7,13H,4-5,8-12H2,1-2H3,(H,20,23)/t13-/m1/s1. The lowest BCUT2D eigenvalue weighted by Gasteiger charge is -2.32. The van der Waals surface area contributed by atoms with E-state index in [0.29, 0.717) is 41.7 Å². The minimum absolute atomic E-state index is 0.0926. The third-order valence-corrected chi connectivity index (χ3v) is 8.00. The van der Waals surface area contributed by atoms with Crippen molar-refractivity contribution in [3.63, 3.8) is 0 Å². The molecule has 1 aliphatic rings. The van der Waals surface area contributed by atoms with Gasteiger partial charge in [-0.3, -0.25) is 4.79 Å². The highest BCUT2D eigenvalue weighted by Crippen LogP contribution is 2.28. The summed E-state index contributed by atoms with van der Waals surface area (Å²) in [5, 5.41) is 4.19. The van der Waals surface area contributed by atoms with E-state index in [1.807, 2.05) is 18.2 Å². The molecule has 1 aliphatic heterocycles. The Labute approximate surface area is 175 Å². The SMILES string of the molecule is CN(C)S(=O)(=O)N1CCC[C@@H](C(=O)NCCSCc2c(Cl)cccc2Cl)C1. The van der Waals surface area contributed by atoms with Crippen LogP contribution in [0.2, 0.25) is 10.0 Å². The number of hydrogen-bond donors (Lipinski definition) is 1. The van der Waals surface area contributed by atoms with Crippen LogP contribution in [-0.4, -0.2) is 62.4 Å². The second kappa shape index (κ2) is 10.3. The number of benzene rings is 1. The Bertz CT molecular complexity index is 740. The van der Waals surface area contributed by atoms with Gasteiger partial charge in [-0.25, -0.2) is 0 Å². The number of carbonyl (C=O) groups excluding carboxylic acids is 1. The highest BCUT2D eigenvalue weighted by molar-refractivity contribution is 7.98. The van der Waals surface area contributed by atoms with Gasteiger partial charge in [0.2, 0.25) is 5.91 Å². The third-order valence-electron chi connectivity index (χ3n) is 4.40. The Balaban J connectivity index is 1.76. The molecule has 1 N–H and O–H groups in total. The largest absolute Gasteiger partial charge is 0.355 e. The molecule has 0 saturated carbocycles. The maximum atomic E-state index is 12.4. The van der Waals surface area contributed by atoms with E-state index < -0.39 is 10.2 Å². The number of thioether (sulfide) groups is 1. The van der Waals surface area contributed by atoms with E-state index in [2.05, 4.69) is 5.32 Å². The Morgan fingerprint density at radius 3 is 2.63 bits per heavy atom. The maximum Gasteiger partial charge on any atom is 0.281 e. The first-order valence-corrected chi connectivity index (χ1v) is 12.0. The van der Waals surface area contributed by atoms with Gasteiger partial charge in [0.15, 0.2) is 0 Å². The third kappa shape index (κ3) is 6.24. The van der Waals surface area contributed by atoms with E-state index in [-0.39, 0.29) is 18.4 Å². The van der Waals surface area contributed by atoms with E-state index in [4.69, 9.17) is 23.2 Å². The summed E-state index contributed by atoms with van der Waals surface area (Å²) in [7, 11) is -0.474. The van der Waals surface area contributed by atoms with Gasteiger partial charge < -0.3 is 5.32 Å². The van der Waals surface area contributed by atoms with Crippen LogP contribution in [0.15, 0.2) is 18.2 Å². The van der Waals surface area contributed by atoms with E-state index in [0.717, 1.165) is 11.3 Å². The zero-order valence-electron chi connectivity index (χ0n) is 15.5. The monoisotopic (exact) mass is 453 g/mol. The molecule has 1 fully saturated rings. The molecule has 1 amide bonds. The summed E-state index contributed by atoms with van der Waals surface area (Å²) < 4.78 is 27.0. The fourth-order valence-corrected chi connectivity index (χ4v) is 5.62. The average Bonchev–Trinajstić information content (AvgIpc) is 2.63. The van der Waals surface area contributed by atoms with Gasteiger partial charge in [0.1, 0.15) is 0 Å². The Morgan fingerprint density at radius 2 is 2.00 bits per heavy atom. The molecule has 0 unspecified atom stereocenters. The van der Waals surface area contributed by atoms with Crippen LogP contribution in [0.5, 0.6) is 0 Å². The van der Waals surface area contributed by atoms with Crippen molar-refractivity contribution >= 4 is 51.1 Å². The van der Waals surface area contributed by atoms with Gasteiger partial charge in [0, 0.05) is 55.3 Å². The number of nitrogens with zero attached hydrogens (tertiary/aromatic N) is 2. The fourth-order valence-electron chi connectivity index (χ4n) is 2.83. The second-order valence-corrected chi connectivity index (χ2v) is 10.6. The van der Waals surface area contributed by atoms with Crippen molar-refractivity contribution < 1.29 is 13.2 Å². The summed E-state index contributed by atoms with van der Waals surface area (Å²) in [6.45, 7) is 1.20. The summed E-state index contributed by atoms with van der Waals surface area (Å²) in [6.07, 6.45) is 1.39. The Kier molecular flexibility index (Phi) is 8.70. The lowest BCUT2D eigenvalue weighted by molar-refractivity contribution is -0.125. The molecule has 0 aromatic heterocycles. The van der Waals surface area contributed by atoms with Crippen LogP contribution >= 0.6 is 35.0 Å². The molecule has 152 valence electrons. The summed E-state index contributed by atoms with van der Waals surface area (Å²) >= 11 is 13.9. The smallest absolute Gasteiger partial charge is 0.281 e. The van der Waals surface area contributed by atoms with Gasteiger partial charge in [-0.15, -0.1) is 0 Å². The first-order valence-electron chi connectivity index (χ1n) is 8.69. The molecule has 1 heterocycles. The summed E-state index contributed by atoms with van der Waals surface area (Å²) in [5.41, 5.74) is 0.897. The normalized spacial score (nSPS) is 18.6. The Morgan fingerprint density at radius 1 is 1.33 bits per heavy atom. The van der Waals surface area contributed by atoms with Crippen molar-refractivity contribution in [1.82, 2.24) is 13.9 Å². The molecule has 27 heavy (non-hydrogen) atoms. The zero-order valence-corrected chi connectivity index (χ0v) is 18.6. The van der Waals surface area contributed by atoms with E-state index in [9.17, 15) is 13.2 Å². The molecule has 0 aliphatic carbocycles. The van der Waals surface area contributed by atoms with Crippen molar-refractivity contribution in [1.29, 1.82) is 0 Å². The van der Waals surface area contributed by atoms with Crippen molar-refractivity contribution in [3.8, 4) is 0 Å². The van der Waals surface area contributed by atoms with Crippen LogP contribution in [0.1, 0.15) is 18.4 Å². The van der Waals surface area contributed by atoms with E-state index >= 15 is 0 Å². The molecular weight excluding hydrogens is 429 g/mol. The number of piperidine rings is 1. The first kappa shape index (κ1) is 22.8. The van der Waals surface area contributed by atoms with Gasteiger partial charge in [0.05, 0.1) is 5.92 Å². The Hall–Kier alpha value is -0.510. The average molecular weight is 454 g/mol. The molecule has 1 aromatic carbocycles. The minimum Gasteiger partial charge on any atom is -0.355 e. The summed E-state index contributed by atoms with van der Waals surface area (Å²) in [5.74, 6) is 0.994.